The molecule has 5 heterocycles. The first kappa shape index (κ1) is 46.2. The van der Waals surface area contributed by atoms with Crippen LogP contribution in [0.2, 0.25) is 0 Å². The largest absolute Gasteiger partial charge is 0.394 e. The van der Waals surface area contributed by atoms with E-state index >= 15 is 0 Å². The van der Waals surface area contributed by atoms with Gasteiger partial charge in [0.1, 0.15) is 67.1 Å². The number of ether oxygens (including phenoxy) is 8. The van der Waals surface area contributed by atoms with E-state index in [1.807, 2.05) is 0 Å². The molecule has 9 rings (SSSR count). The number of rotatable bonds is 8. The van der Waals surface area contributed by atoms with Crippen molar-refractivity contribution < 1.29 is 83.9 Å². The van der Waals surface area contributed by atoms with Crippen LogP contribution < -0.4 is 0 Å². The fourth-order valence-electron chi connectivity index (χ4n) is 14.0. The number of aliphatic hydroxyl groups is 9. The highest BCUT2D eigenvalue weighted by molar-refractivity contribution is 5.26. The summed E-state index contributed by atoms with van der Waals surface area (Å²) >= 11 is 0. The lowest BCUT2D eigenvalue weighted by molar-refractivity contribution is -0.394. The van der Waals surface area contributed by atoms with Crippen molar-refractivity contribution in [1.82, 2.24) is 0 Å². The molecule has 3 saturated carbocycles. The fourth-order valence-corrected chi connectivity index (χ4v) is 14.0. The van der Waals surface area contributed by atoms with Gasteiger partial charge in [0.15, 0.2) is 24.7 Å². The summed E-state index contributed by atoms with van der Waals surface area (Å²) in [4.78, 5) is 0. The van der Waals surface area contributed by atoms with Gasteiger partial charge in [-0.2, -0.15) is 0 Å². The predicted molar refractivity (Wildman–Crippen MR) is 214 cm³/mol. The Hall–Kier alpha value is -0.940. The van der Waals surface area contributed by atoms with Gasteiger partial charge in [-0.15, -0.1) is 0 Å². The Balaban J connectivity index is 0.940. The van der Waals surface area contributed by atoms with E-state index in [4.69, 9.17) is 37.9 Å². The Kier molecular flexibility index (Phi) is 12.9. The van der Waals surface area contributed by atoms with Crippen LogP contribution in [0.5, 0.6) is 0 Å². The first-order valence-electron chi connectivity index (χ1n) is 23.4. The third-order valence-corrected chi connectivity index (χ3v) is 17.7. The second-order valence-electron chi connectivity index (χ2n) is 21.1. The summed E-state index contributed by atoms with van der Waals surface area (Å²) in [5.41, 5.74) is 1.45. The smallest absolute Gasteiger partial charge is 0.187 e. The minimum Gasteiger partial charge on any atom is -0.394 e. The van der Waals surface area contributed by atoms with E-state index in [1.165, 1.54) is 12.5 Å². The maximum atomic E-state index is 11.6. The van der Waals surface area contributed by atoms with Crippen molar-refractivity contribution in [3.8, 4) is 0 Å². The lowest BCUT2D eigenvalue weighted by Crippen LogP contribution is -2.67. The number of aliphatic hydroxyl groups excluding tert-OH is 9. The van der Waals surface area contributed by atoms with E-state index in [0.717, 1.165) is 51.6 Å². The molecule has 4 aliphatic carbocycles. The zero-order valence-corrected chi connectivity index (χ0v) is 36.6. The Morgan fingerprint density at radius 3 is 2.03 bits per heavy atom. The van der Waals surface area contributed by atoms with Crippen molar-refractivity contribution in [3.63, 3.8) is 0 Å². The van der Waals surface area contributed by atoms with Gasteiger partial charge in [-0.3, -0.25) is 0 Å². The molecule has 8 fully saturated rings. The van der Waals surface area contributed by atoms with Crippen LogP contribution in [0, 0.1) is 46.3 Å². The standard InChI is InChI=1S/C45H72O17/c1-19-8-13-45(55-18-19)20(2)30-27(62-45)15-26-24-7-6-22-14-23(9-11-43(22,4)25(24)10-12-44(26,30)5)57-42-39(61-40-36(53)34(51)31(48)21(3)56-40)38(33(50)29(17-47)59-42)60-41-37(54)35(52)32(49)28(16-46)58-41/h6,19-21,23-42,46-54H,7-18H2,1-5H3/t19-,20+,21+,23+,24-,25+,26+,27+,28-,29-,30+,31+,32-,33-,34-,35+,36-,37-,38+,39-,40+,41?,42-,43+,44+,45-/m1/s1. The van der Waals surface area contributed by atoms with Gasteiger partial charge >= 0.3 is 0 Å². The van der Waals surface area contributed by atoms with Crippen molar-refractivity contribution in [1.29, 1.82) is 0 Å². The summed E-state index contributed by atoms with van der Waals surface area (Å²) in [7, 11) is 0. The van der Waals surface area contributed by atoms with Crippen LogP contribution in [-0.4, -0.2) is 176 Å². The average molecular weight is 885 g/mol. The lowest BCUT2D eigenvalue weighted by atomic mass is 9.47. The molecule has 0 aromatic heterocycles. The fraction of sp³-hybridized carbons (Fsp3) is 0.956. The van der Waals surface area contributed by atoms with E-state index in [9.17, 15) is 46.0 Å². The van der Waals surface area contributed by atoms with Crippen LogP contribution in [-0.2, 0) is 37.9 Å². The predicted octanol–water partition coefficient (Wildman–Crippen LogP) is 0.214. The molecule has 354 valence electrons. The van der Waals surface area contributed by atoms with Gasteiger partial charge in [0.05, 0.1) is 38.1 Å². The molecule has 26 atom stereocenters. The van der Waals surface area contributed by atoms with Crippen molar-refractivity contribution >= 4 is 0 Å². The quantitative estimate of drug-likeness (QED) is 0.148. The van der Waals surface area contributed by atoms with E-state index in [2.05, 4.69) is 33.8 Å². The maximum absolute atomic E-state index is 11.6. The molecule has 0 radical (unpaired) electrons. The highest BCUT2D eigenvalue weighted by atomic mass is 16.8. The number of allylic oxidation sites excluding steroid dienone is 1. The molecule has 17 nitrogen and oxygen atoms in total. The van der Waals surface area contributed by atoms with Gasteiger partial charge in [-0.25, -0.2) is 0 Å². The second-order valence-corrected chi connectivity index (χ2v) is 21.1. The topological polar surface area (TPSA) is 256 Å². The normalized spacial score (nSPS) is 57.6. The molecule has 62 heavy (non-hydrogen) atoms. The zero-order valence-electron chi connectivity index (χ0n) is 36.6. The minimum atomic E-state index is -1.84. The van der Waals surface area contributed by atoms with E-state index in [0.29, 0.717) is 48.3 Å². The summed E-state index contributed by atoms with van der Waals surface area (Å²) in [5, 5.41) is 95.8. The van der Waals surface area contributed by atoms with Crippen LogP contribution in [0.25, 0.3) is 0 Å². The molecule has 0 bridgehead atoms. The highest BCUT2D eigenvalue weighted by Gasteiger charge is 2.69. The highest BCUT2D eigenvalue weighted by Crippen LogP contribution is 2.70. The van der Waals surface area contributed by atoms with Gasteiger partial charge in [0.2, 0.25) is 0 Å². The summed E-state index contributed by atoms with van der Waals surface area (Å²) in [6, 6.07) is 0. The van der Waals surface area contributed by atoms with Crippen LogP contribution in [0.3, 0.4) is 0 Å². The van der Waals surface area contributed by atoms with Crippen molar-refractivity contribution in [2.75, 3.05) is 19.8 Å². The van der Waals surface area contributed by atoms with Gasteiger partial charge < -0.3 is 83.9 Å². The molecule has 5 saturated heterocycles. The summed E-state index contributed by atoms with van der Waals surface area (Å²) in [5.74, 6) is 2.52. The first-order valence-corrected chi connectivity index (χ1v) is 23.4. The monoisotopic (exact) mass is 884 g/mol. The Morgan fingerprint density at radius 2 is 1.34 bits per heavy atom. The Bertz CT molecular complexity index is 1610. The second kappa shape index (κ2) is 17.3. The van der Waals surface area contributed by atoms with Crippen molar-refractivity contribution in [2.45, 2.75) is 203 Å². The van der Waals surface area contributed by atoms with E-state index < -0.39 is 117 Å². The SMILES string of the molecule is C[C@@H]1CC[C@@]2(OC1)O[C@H]1C[C@H]3[C@@H]4CC=C5C[C@@H](O[C@@H]6O[C@H](CO)[C@@H](O)[C@H](OC7O[C@H](CO)[C@@H](O)[C@H](O)[C@H]7O)[C@H]6O[C@@H]6O[C@@H](C)[C@H](O)[C@@H](O)[C@H]6O)CC[C@]5(C)[C@H]4CC[C@]3(C)[C@H]1[C@@H]2C. The van der Waals surface area contributed by atoms with Gasteiger partial charge in [0, 0.05) is 12.3 Å². The molecule has 0 aromatic carbocycles. The minimum absolute atomic E-state index is 0.0484. The van der Waals surface area contributed by atoms with Crippen LogP contribution in [0.15, 0.2) is 11.6 Å². The zero-order chi connectivity index (χ0) is 44.2. The molecule has 0 amide bonds. The Labute approximate surface area is 363 Å². The number of hydrogen-bond donors (Lipinski definition) is 9. The van der Waals surface area contributed by atoms with Crippen LogP contribution in [0.1, 0.15) is 92.4 Å². The molecule has 9 aliphatic rings. The third kappa shape index (κ3) is 7.49. The van der Waals surface area contributed by atoms with Crippen molar-refractivity contribution in [2.24, 2.45) is 46.3 Å². The first-order chi connectivity index (χ1) is 29.4. The molecular formula is C45H72O17. The van der Waals surface area contributed by atoms with E-state index in [1.54, 1.807) is 0 Å². The summed E-state index contributed by atoms with van der Waals surface area (Å²) < 4.78 is 50.3. The molecule has 17 heteroatoms. The van der Waals surface area contributed by atoms with Gasteiger partial charge in [0.25, 0.3) is 0 Å². The maximum Gasteiger partial charge on any atom is 0.187 e. The molecular weight excluding hydrogens is 812 g/mol. The lowest BCUT2D eigenvalue weighted by Gasteiger charge is -2.59. The van der Waals surface area contributed by atoms with E-state index in [-0.39, 0.29) is 16.9 Å². The van der Waals surface area contributed by atoms with Gasteiger partial charge in [-0.1, -0.05) is 39.3 Å². The van der Waals surface area contributed by atoms with Gasteiger partial charge in [-0.05, 0) is 98.7 Å². The number of hydrogen-bond acceptors (Lipinski definition) is 17. The molecule has 0 aromatic rings. The Morgan fingerprint density at radius 1 is 0.677 bits per heavy atom. The average Bonchev–Trinajstić information content (AvgIpc) is 3.70. The van der Waals surface area contributed by atoms with Crippen molar-refractivity contribution in [3.05, 3.63) is 11.6 Å². The number of fused-ring (bicyclic) bond motifs is 7. The van der Waals surface area contributed by atoms with Crippen LogP contribution in [0.4, 0.5) is 0 Å². The molecule has 5 aliphatic heterocycles. The summed E-state index contributed by atoms with van der Waals surface area (Å²) in [6.45, 7) is 10.4. The summed E-state index contributed by atoms with van der Waals surface area (Å²) in [6.07, 6.45) is -12.4. The molecule has 1 spiro atoms. The molecule has 1 unspecified atom stereocenters. The molecule has 9 N–H and O–H groups in total. The van der Waals surface area contributed by atoms with Crippen LogP contribution >= 0.6 is 0 Å². The third-order valence-electron chi connectivity index (χ3n) is 17.7.